The van der Waals surface area contributed by atoms with Crippen LogP contribution in [0.25, 0.3) is 54.6 Å². The lowest BCUT2D eigenvalue weighted by Crippen LogP contribution is -2.16. The Morgan fingerprint density at radius 3 is 0.604 bits per heavy atom. The summed E-state index contributed by atoms with van der Waals surface area (Å²) in [7, 11) is 0. The van der Waals surface area contributed by atoms with E-state index >= 15 is 0 Å². The summed E-state index contributed by atoms with van der Waals surface area (Å²) in [6, 6.07) is 23.9. The molecule has 0 heterocycles. The summed E-state index contributed by atoms with van der Waals surface area (Å²) in [5.74, 6) is 2.17. The molecule has 0 N–H and O–H groups in total. The summed E-state index contributed by atoms with van der Waals surface area (Å²) in [5.41, 5.74) is 11.4. The highest BCUT2D eigenvalue weighted by molar-refractivity contribution is 5.99. The minimum Gasteiger partial charge on any atom is -0.0689 e. The molecule has 0 fully saturated rings. The Morgan fingerprint density at radius 2 is 0.438 bits per heavy atom. The molecule has 0 aromatic heterocycles. The van der Waals surface area contributed by atoms with E-state index in [2.05, 4.69) is 171 Å². The Bertz CT molecular complexity index is 2070. The zero-order valence-corrected chi connectivity index (χ0v) is 33.1. The molecule has 254 valence electrons. The molecule has 0 aliphatic rings. The van der Waals surface area contributed by atoms with Crippen molar-refractivity contribution < 1.29 is 0 Å². The topological polar surface area (TPSA) is 0 Å². The number of benzene rings is 5. The van der Waals surface area contributed by atoms with Crippen LogP contribution in [0, 0.1) is 0 Å². The third kappa shape index (κ3) is 7.80. The largest absolute Gasteiger partial charge is 0.0689 e. The van der Waals surface area contributed by atoms with Gasteiger partial charge in [0.25, 0.3) is 0 Å². The molecular weight excluding hydrogens is 577 g/mol. The van der Waals surface area contributed by atoms with Crippen LogP contribution in [0.2, 0.25) is 0 Å². The van der Waals surface area contributed by atoms with Gasteiger partial charge in [-0.15, -0.1) is 0 Å². The molecule has 5 aromatic rings. The summed E-state index contributed by atoms with van der Waals surface area (Å²) < 4.78 is 0. The molecule has 0 spiro atoms. The summed E-state index contributed by atoms with van der Waals surface area (Å²) in [4.78, 5) is 0. The van der Waals surface area contributed by atoms with E-state index in [-0.39, 0.29) is 0 Å². The van der Waals surface area contributed by atoms with E-state index in [1.54, 1.807) is 0 Å². The zero-order valence-electron chi connectivity index (χ0n) is 33.1. The molecule has 0 saturated heterocycles. The van der Waals surface area contributed by atoms with Crippen molar-refractivity contribution in [2.24, 2.45) is 0 Å². The van der Waals surface area contributed by atoms with Crippen LogP contribution in [0.15, 0.2) is 60.7 Å². The standard InChI is InChI=1S/C26H32.C22H30/c1-15(2)23-11-19-9-21-13-25(17(5)6)26(18(7)8)14-22(21)10-20(19)12-24(23)16(3)4;1-13(2)19-9-17-11-21(15(5)6)22(16(7)8)12-18(17)10-20(19)14(3)4/h9-15,18H,1-8H3;9-13,16H,1-8H3. The minimum absolute atomic E-state index is 0.532. The Balaban J connectivity index is 0.000000220. The molecule has 5 rings (SSSR count). The molecule has 0 nitrogen and oxygen atoms in total. The van der Waals surface area contributed by atoms with Crippen LogP contribution < -0.4 is 20.9 Å². The summed E-state index contributed by atoms with van der Waals surface area (Å²) in [5, 5.41) is 13.8. The second kappa shape index (κ2) is 14.9. The smallest absolute Gasteiger partial charge is 0.0172 e. The van der Waals surface area contributed by atoms with Gasteiger partial charge in [0, 0.05) is 0 Å². The molecule has 0 unspecified atom stereocenters. The number of rotatable bonds is 4. The van der Waals surface area contributed by atoms with Crippen LogP contribution in [0.3, 0.4) is 0 Å². The molecule has 0 aliphatic heterocycles. The highest BCUT2D eigenvalue weighted by Crippen LogP contribution is 2.27. The first-order chi connectivity index (χ1) is 22.4. The fourth-order valence-electron chi connectivity index (χ4n) is 7.16. The van der Waals surface area contributed by atoms with Gasteiger partial charge in [-0.1, -0.05) is 102 Å². The quantitative estimate of drug-likeness (QED) is 0.172. The van der Waals surface area contributed by atoms with Gasteiger partial charge in [-0.2, -0.15) is 0 Å². The van der Waals surface area contributed by atoms with Crippen LogP contribution in [0.1, 0.15) is 157 Å². The third-order valence-corrected chi connectivity index (χ3v) is 9.95. The van der Waals surface area contributed by atoms with Crippen molar-refractivity contribution in [1.29, 1.82) is 0 Å². The molecule has 0 amide bonds. The Kier molecular flexibility index (Phi) is 11.5. The van der Waals surface area contributed by atoms with E-state index in [4.69, 9.17) is 0 Å². The summed E-state index contributed by atoms with van der Waals surface area (Å²) >= 11 is 0. The Morgan fingerprint density at radius 1 is 0.271 bits per heavy atom. The van der Waals surface area contributed by atoms with Crippen molar-refractivity contribution in [1.82, 2.24) is 0 Å². The molecule has 5 aromatic carbocycles. The van der Waals surface area contributed by atoms with Crippen molar-refractivity contribution in [3.8, 4) is 0 Å². The Hall–Kier alpha value is -3.64. The predicted octanol–water partition coefficient (Wildman–Crippen LogP) is 12.1. The van der Waals surface area contributed by atoms with Crippen molar-refractivity contribution in [3.63, 3.8) is 0 Å². The van der Waals surface area contributed by atoms with Gasteiger partial charge in [-0.05, 0) is 191 Å². The summed E-state index contributed by atoms with van der Waals surface area (Å²) in [6.45, 7) is 36.0. The lowest BCUT2D eigenvalue weighted by atomic mass is 9.90. The van der Waals surface area contributed by atoms with Crippen LogP contribution in [-0.2, 0) is 0 Å². The lowest BCUT2D eigenvalue weighted by Gasteiger charge is -2.14. The van der Waals surface area contributed by atoms with E-state index in [9.17, 15) is 0 Å². The molecule has 0 saturated carbocycles. The maximum absolute atomic E-state index is 2.40. The van der Waals surface area contributed by atoms with E-state index < -0.39 is 0 Å². The average molecular weight is 639 g/mol. The maximum atomic E-state index is 2.40. The normalized spacial score (nSPS) is 11.7. The van der Waals surface area contributed by atoms with Crippen LogP contribution >= 0.6 is 0 Å². The van der Waals surface area contributed by atoms with Crippen molar-refractivity contribution >= 4 is 54.6 Å². The van der Waals surface area contributed by atoms with E-state index in [1.807, 2.05) is 0 Å². The van der Waals surface area contributed by atoms with Gasteiger partial charge in [0.15, 0.2) is 0 Å². The fourth-order valence-corrected chi connectivity index (χ4v) is 7.16. The fraction of sp³-hybridized carbons (Fsp3) is 0.417. The first-order valence-corrected chi connectivity index (χ1v) is 18.3. The van der Waals surface area contributed by atoms with Gasteiger partial charge >= 0.3 is 0 Å². The number of hydrogen-bond acceptors (Lipinski definition) is 0. The number of hydrogen-bond donors (Lipinski definition) is 0. The van der Waals surface area contributed by atoms with Gasteiger partial charge in [0.1, 0.15) is 0 Å². The van der Waals surface area contributed by atoms with Gasteiger partial charge in [-0.25, -0.2) is 0 Å². The summed E-state index contributed by atoms with van der Waals surface area (Å²) in [6.07, 6.45) is 0. The second-order valence-corrected chi connectivity index (χ2v) is 16.3. The van der Waals surface area contributed by atoms with Gasteiger partial charge < -0.3 is 0 Å². The maximum Gasteiger partial charge on any atom is -0.0172 e. The first-order valence-electron chi connectivity index (χ1n) is 18.3. The van der Waals surface area contributed by atoms with Crippen LogP contribution in [0.4, 0.5) is 0 Å². The zero-order chi connectivity index (χ0) is 35.8. The van der Waals surface area contributed by atoms with E-state index in [1.165, 1.54) is 97.7 Å². The Labute approximate surface area is 292 Å². The number of fused-ring (bicyclic) bond motifs is 3. The average Bonchev–Trinajstić information content (AvgIpc) is 3.00. The molecule has 0 heteroatoms. The van der Waals surface area contributed by atoms with Crippen LogP contribution in [-0.4, -0.2) is 0 Å². The van der Waals surface area contributed by atoms with Crippen molar-refractivity contribution in [2.45, 2.75) is 134 Å². The monoisotopic (exact) mass is 638 g/mol. The molecule has 0 radical (unpaired) electrons. The molecular formula is C48H62. The van der Waals surface area contributed by atoms with Crippen LogP contribution in [0.5, 0.6) is 0 Å². The van der Waals surface area contributed by atoms with E-state index in [0.29, 0.717) is 23.7 Å². The highest BCUT2D eigenvalue weighted by atomic mass is 14.2. The predicted molar refractivity (Wildman–Crippen MR) is 219 cm³/mol. The lowest BCUT2D eigenvalue weighted by molar-refractivity contribution is 0.855. The molecule has 0 atom stereocenters. The first kappa shape index (κ1) is 37.2. The van der Waals surface area contributed by atoms with E-state index in [0.717, 1.165) is 0 Å². The van der Waals surface area contributed by atoms with Gasteiger partial charge in [0.05, 0.1) is 0 Å². The molecule has 0 bridgehead atoms. The van der Waals surface area contributed by atoms with Crippen molar-refractivity contribution in [3.05, 3.63) is 104 Å². The minimum atomic E-state index is 0.532. The SMILES string of the molecule is CC(C)=c1cc2cc(C(C)C)c(=C(C)C)cc2cc1C(C)C.CC(C)=c1cc2cc3cc(C(C)C)c(=C(C)C)cc3cc2cc1C(C)C. The second-order valence-electron chi connectivity index (χ2n) is 16.3. The van der Waals surface area contributed by atoms with Gasteiger partial charge in [0.2, 0.25) is 0 Å². The molecule has 48 heavy (non-hydrogen) atoms. The van der Waals surface area contributed by atoms with Crippen molar-refractivity contribution in [2.75, 3.05) is 0 Å². The van der Waals surface area contributed by atoms with Gasteiger partial charge in [-0.3, -0.25) is 0 Å². The highest BCUT2D eigenvalue weighted by Gasteiger charge is 2.11. The molecule has 0 aliphatic carbocycles. The third-order valence-electron chi connectivity index (χ3n) is 9.95.